The third-order valence-corrected chi connectivity index (χ3v) is 5.31. The summed E-state index contributed by atoms with van der Waals surface area (Å²) in [5.74, 6) is -0.503. The van der Waals surface area contributed by atoms with Crippen LogP contribution in [0.2, 0.25) is 0 Å². The van der Waals surface area contributed by atoms with E-state index >= 15 is 0 Å². The molecule has 0 aromatic heterocycles. The van der Waals surface area contributed by atoms with Crippen LogP contribution in [-0.2, 0) is 20.9 Å². The number of esters is 1. The summed E-state index contributed by atoms with van der Waals surface area (Å²) < 4.78 is 4.73. The number of carbonyl (C=O) groups excluding carboxylic acids is 2. The standard InChI is InChI=1S/C22H26N2O3/c1-15(22(26)27-3)23-21(25)20-19(18-12-8-5-9-13-18)16(2)24(20)14-17-10-6-4-7-11-17/h4-13,15-16,19-20H,14H2,1-3H3,(H,23,25)/t15-,16-,19+,20+/m0/s1. The van der Waals surface area contributed by atoms with Crippen molar-refractivity contribution in [3.8, 4) is 0 Å². The van der Waals surface area contributed by atoms with Crippen LogP contribution in [0.5, 0.6) is 0 Å². The molecule has 0 aliphatic carbocycles. The molecule has 0 radical (unpaired) electrons. The molecule has 0 spiro atoms. The minimum atomic E-state index is -0.673. The predicted octanol–water partition coefficient (Wildman–Crippen LogP) is 2.72. The maximum absolute atomic E-state index is 13.0. The number of nitrogens with one attached hydrogen (secondary N) is 1. The molecule has 3 rings (SSSR count). The lowest BCUT2D eigenvalue weighted by molar-refractivity contribution is -0.148. The minimum Gasteiger partial charge on any atom is -0.467 e. The molecule has 1 saturated heterocycles. The molecule has 5 nitrogen and oxygen atoms in total. The van der Waals surface area contributed by atoms with Gasteiger partial charge in [-0.25, -0.2) is 4.79 Å². The van der Waals surface area contributed by atoms with Gasteiger partial charge in [0.05, 0.1) is 13.2 Å². The topological polar surface area (TPSA) is 58.6 Å². The normalized spacial score (nSPS) is 23.1. The molecular weight excluding hydrogens is 340 g/mol. The lowest BCUT2D eigenvalue weighted by atomic mass is 9.75. The number of nitrogens with zero attached hydrogens (tertiary/aromatic N) is 1. The maximum atomic E-state index is 13.0. The van der Waals surface area contributed by atoms with Crippen LogP contribution in [0.3, 0.4) is 0 Å². The zero-order valence-electron chi connectivity index (χ0n) is 16.0. The fraction of sp³-hybridized carbons (Fsp3) is 0.364. The van der Waals surface area contributed by atoms with Gasteiger partial charge in [-0.15, -0.1) is 0 Å². The highest BCUT2D eigenvalue weighted by atomic mass is 16.5. The highest BCUT2D eigenvalue weighted by molar-refractivity contribution is 5.89. The molecule has 1 amide bonds. The SMILES string of the molecule is COC(=O)[C@H](C)NC(=O)[C@H]1[C@@H](c2ccccc2)[C@H](C)N1Cc1ccccc1. The second-order valence-electron chi connectivity index (χ2n) is 7.03. The van der Waals surface area contributed by atoms with Gasteiger partial charge in [0.2, 0.25) is 5.91 Å². The Morgan fingerprint density at radius 2 is 1.67 bits per heavy atom. The Morgan fingerprint density at radius 1 is 1.07 bits per heavy atom. The zero-order chi connectivity index (χ0) is 19.4. The molecule has 4 atom stereocenters. The van der Waals surface area contributed by atoms with Crippen LogP contribution in [0, 0.1) is 0 Å². The molecule has 2 aromatic carbocycles. The number of carbonyl (C=O) groups is 2. The van der Waals surface area contributed by atoms with Gasteiger partial charge in [0.1, 0.15) is 6.04 Å². The van der Waals surface area contributed by atoms with Crippen LogP contribution in [-0.4, -0.2) is 42.0 Å². The lowest BCUT2D eigenvalue weighted by Crippen LogP contribution is -2.66. The molecule has 2 aromatic rings. The van der Waals surface area contributed by atoms with Gasteiger partial charge in [-0.3, -0.25) is 9.69 Å². The Hall–Kier alpha value is -2.66. The van der Waals surface area contributed by atoms with Gasteiger partial charge in [-0.05, 0) is 25.0 Å². The van der Waals surface area contributed by atoms with Gasteiger partial charge in [-0.1, -0.05) is 60.7 Å². The second kappa shape index (κ2) is 8.35. The van der Waals surface area contributed by atoms with E-state index in [2.05, 4.69) is 41.4 Å². The second-order valence-corrected chi connectivity index (χ2v) is 7.03. The first-order valence-corrected chi connectivity index (χ1v) is 9.25. The Morgan fingerprint density at radius 3 is 2.26 bits per heavy atom. The minimum absolute atomic E-state index is 0.0831. The van der Waals surface area contributed by atoms with Gasteiger partial charge in [0.25, 0.3) is 0 Å². The number of hydrogen-bond acceptors (Lipinski definition) is 4. The van der Waals surface area contributed by atoms with E-state index in [4.69, 9.17) is 4.74 Å². The average Bonchev–Trinajstić information content (AvgIpc) is 2.70. The van der Waals surface area contributed by atoms with Crippen LogP contribution in [0.25, 0.3) is 0 Å². The molecule has 1 aliphatic heterocycles. The first kappa shape index (κ1) is 19.1. The molecule has 0 unspecified atom stereocenters. The van der Waals surface area contributed by atoms with Gasteiger partial charge in [0.15, 0.2) is 0 Å². The molecule has 1 heterocycles. The molecule has 1 N–H and O–H groups in total. The van der Waals surface area contributed by atoms with Crippen LogP contribution in [0.15, 0.2) is 60.7 Å². The maximum Gasteiger partial charge on any atom is 0.328 e. The van der Waals surface area contributed by atoms with Gasteiger partial charge < -0.3 is 10.1 Å². The summed E-state index contributed by atoms with van der Waals surface area (Å²) in [5, 5.41) is 2.81. The first-order chi connectivity index (χ1) is 13.0. The predicted molar refractivity (Wildman–Crippen MR) is 104 cm³/mol. The highest BCUT2D eigenvalue weighted by Crippen LogP contribution is 2.41. The van der Waals surface area contributed by atoms with Crippen molar-refractivity contribution in [2.24, 2.45) is 0 Å². The van der Waals surface area contributed by atoms with Crippen LogP contribution >= 0.6 is 0 Å². The van der Waals surface area contributed by atoms with Crippen molar-refractivity contribution in [2.75, 3.05) is 7.11 Å². The summed E-state index contributed by atoms with van der Waals surface area (Å²) in [4.78, 5) is 26.9. The molecule has 0 saturated carbocycles. The molecule has 5 heteroatoms. The lowest BCUT2D eigenvalue weighted by Gasteiger charge is -2.53. The van der Waals surface area contributed by atoms with Gasteiger partial charge >= 0.3 is 5.97 Å². The average molecular weight is 366 g/mol. The number of likely N-dealkylation sites (tertiary alicyclic amines) is 1. The molecule has 1 fully saturated rings. The van der Waals surface area contributed by atoms with Gasteiger partial charge in [0, 0.05) is 18.5 Å². The summed E-state index contributed by atoms with van der Waals surface area (Å²) in [6, 6.07) is 19.4. The number of rotatable bonds is 6. The first-order valence-electron chi connectivity index (χ1n) is 9.25. The van der Waals surface area contributed by atoms with E-state index in [1.165, 1.54) is 7.11 Å². The van der Waals surface area contributed by atoms with E-state index in [0.29, 0.717) is 6.54 Å². The number of benzene rings is 2. The molecule has 142 valence electrons. The van der Waals surface area contributed by atoms with E-state index < -0.39 is 12.0 Å². The third kappa shape index (κ3) is 4.03. The Balaban J connectivity index is 1.82. The van der Waals surface area contributed by atoms with Crippen molar-refractivity contribution >= 4 is 11.9 Å². The van der Waals surface area contributed by atoms with Crippen molar-refractivity contribution in [3.05, 3.63) is 71.8 Å². The van der Waals surface area contributed by atoms with Crippen molar-refractivity contribution in [1.29, 1.82) is 0 Å². The molecular formula is C22H26N2O3. The number of ether oxygens (including phenoxy) is 1. The number of amides is 1. The number of hydrogen-bond donors (Lipinski definition) is 1. The van der Waals surface area contributed by atoms with Crippen LogP contribution < -0.4 is 5.32 Å². The van der Waals surface area contributed by atoms with E-state index in [9.17, 15) is 9.59 Å². The zero-order valence-corrected chi connectivity index (χ0v) is 16.0. The van der Waals surface area contributed by atoms with Crippen LogP contribution in [0.4, 0.5) is 0 Å². The summed E-state index contributed by atoms with van der Waals surface area (Å²) in [5.41, 5.74) is 2.30. The van der Waals surface area contributed by atoms with E-state index in [0.717, 1.165) is 11.1 Å². The fourth-order valence-electron chi connectivity index (χ4n) is 3.85. The molecule has 1 aliphatic rings. The quantitative estimate of drug-likeness (QED) is 0.799. The summed E-state index contributed by atoms with van der Waals surface area (Å²) in [6.07, 6.45) is 0. The molecule has 0 bridgehead atoms. The Bertz CT molecular complexity index is 779. The summed E-state index contributed by atoms with van der Waals surface area (Å²) in [6.45, 7) is 4.48. The van der Waals surface area contributed by atoms with E-state index in [1.807, 2.05) is 36.4 Å². The Labute approximate surface area is 160 Å². The summed E-state index contributed by atoms with van der Waals surface area (Å²) in [7, 11) is 1.32. The monoisotopic (exact) mass is 366 g/mol. The smallest absolute Gasteiger partial charge is 0.328 e. The van der Waals surface area contributed by atoms with Crippen LogP contribution in [0.1, 0.15) is 30.9 Å². The van der Waals surface area contributed by atoms with Crippen molar-refractivity contribution < 1.29 is 14.3 Å². The van der Waals surface area contributed by atoms with Gasteiger partial charge in [-0.2, -0.15) is 0 Å². The summed E-state index contributed by atoms with van der Waals surface area (Å²) >= 11 is 0. The third-order valence-electron chi connectivity index (χ3n) is 5.31. The van der Waals surface area contributed by atoms with Crippen molar-refractivity contribution in [3.63, 3.8) is 0 Å². The molecule has 27 heavy (non-hydrogen) atoms. The Kier molecular flexibility index (Phi) is 5.91. The highest BCUT2D eigenvalue weighted by Gasteiger charge is 2.50. The fourth-order valence-corrected chi connectivity index (χ4v) is 3.85. The largest absolute Gasteiger partial charge is 0.467 e. The van der Waals surface area contributed by atoms with Crippen molar-refractivity contribution in [2.45, 2.75) is 44.4 Å². The van der Waals surface area contributed by atoms with Crippen molar-refractivity contribution in [1.82, 2.24) is 10.2 Å². The number of methoxy groups -OCH3 is 1. The van der Waals surface area contributed by atoms with E-state index in [-0.39, 0.29) is 23.9 Å². The van der Waals surface area contributed by atoms with E-state index in [1.54, 1.807) is 6.92 Å².